The van der Waals surface area contributed by atoms with Gasteiger partial charge in [-0.15, -0.1) is 0 Å². The molecule has 0 aliphatic carbocycles. The normalized spacial score (nSPS) is 10.7. The molecule has 5 heteroatoms. The molecule has 1 aromatic heterocycles. The molecular formula is C14H17FN2O2. The highest BCUT2D eigenvalue weighted by Gasteiger charge is 2.14. The molecule has 102 valence electrons. The number of benzene rings is 1. The monoisotopic (exact) mass is 264 g/mol. The van der Waals surface area contributed by atoms with E-state index in [1.807, 2.05) is 17.6 Å². The molecule has 2 aromatic rings. The van der Waals surface area contributed by atoms with Crippen LogP contribution in [0.5, 0.6) is 5.75 Å². The van der Waals surface area contributed by atoms with Gasteiger partial charge < -0.3 is 14.6 Å². The van der Waals surface area contributed by atoms with E-state index in [4.69, 9.17) is 4.74 Å². The van der Waals surface area contributed by atoms with Crippen molar-refractivity contribution in [2.45, 2.75) is 20.4 Å². The Morgan fingerprint density at radius 2 is 2.21 bits per heavy atom. The number of nitrogens with one attached hydrogen (secondary N) is 1. The number of amides is 1. The zero-order chi connectivity index (χ0) is 14.0. The number of nitrogens with zero attached hydrogens (tertiary/aromatic N) is 1. The molecule has 0 radical (unpaired) electrons. The molecule has 1 heterocycles. The van der Waals surface area contributed by atoms with E-state index in [2.05, 4.69) is 5.32 Å². The van der Waals surface area contributed by atoms with Crippen molar-refractivity contribution < 1.29 is 13.9 Å². The van der Waals surface area contributed by atoms with Crippen LogP contribution >= 0.6 is 0 Å². The van der Waals surface area contributed by atoms with Gasteiger partial charge in [-0.2, -0.15) is 0 Å². The quantitative estimate of drug-likeness (QED) is 0.920. The highest BCUT2D eigenvalue weighted by Crippen LogP contribution is 2.30. The fraction of sp³-hybridized carbons (Fsp3) is 0.357. The second kappa shape index (κ2) is 5.30. The first-order valence-electron chi connectivity index (χ1n) is 6.11. The van der Waals surface area contributed by atoms with E-state index in [9.17, 15) is 9.18 Å². The average molecular weight is 264 g/mol. The van der Waals surface area contributed by atoms with Gasteiger partial charge in [0.15, 0.2) is 0 Å². The Hall–Kier alpha value is -2.04. The van der Waals surface area contributed by atoms with E-state index < -0.39 is 0 Å². The maximum Gasteiger partial charge on any atom is 0.216 e. The highest BCUT2D eigenvalue weighted by atomic mass is 19.1. The first-order chi connectivity index (χ1) is 9.04. The van der Waals surface area contributed by atoms with Crippen LogP contribution in [0, 0.1) is 12.7 Å². The smallest absolute Gasteiger partial charge is 0.216 e. The maximum atomic E-state index is 14.0. The van der Waals surface area contributed by atoms with Crippen molar-refractivity contribution in [3.05, 3.63) is 29.7 Å². The molecule has 0 spiro atoms. The summed E-state index contributed by atoms with van der Waals surface area (Å²) in [5.41, 5.74) is 1.45. The van der Waals surface area contributed by atoms with Crippen LogP contribution in [-0.2, 0) is 11.3 Å². The summed E-state index contributed by atoms with van der Waals surface area (Å²) in [6.45, 7) is 4.37. The van der Waals surface area contributed by atoms with E-state index in [0.717, 1.165) is 11.1 Å². The summed E-state index contributed by atoms with van der Waals surface area (Å²) in [6, 6.07) is 4.91. The molecule has 0 unspecified atom stereocenters. The number of carbonyl (C=O) groups is 1. The number of carbonyl (C=O) groups excluding carboxylic acids is 1. The van der Waals surface area contributed by atoms with Crippen LogP contribution < -0.4 is 10.1 Å². The summed E-state index contributed by atoms with van der Waals surface area (Å²) in [5.74, 6) is 0.275. The summed E-state index contributed by atoms with van der Waals surface area (Å²) in [7, 11) is 1.57. The second-order valence-corrected chi connectivity index (χ2v) is 4.43. The predicted octanol–water partition coefficient (Wildman–Crippen LogP) is 2.23. The zero-order valence-corrected chi connectivity index (χ0v) is 11.3. The van der Waals surface area contributed by atoms with Crippen molar-refractivity contribution >= 4 is 16.8 Å². The Morgan fingerprint density at radius 3 is 2.84 bits per heavy atom. The molecule has 19 heavy (non-hydrogen) atoms. The van der Waals surface area contributed by atoms with Gasteiger partial charge in [-0.05, 0) is 25.1 Å². The van der Waals surface area contributed by atoms with E-state index >= 15 is 0 Å². The lowest BCUT2D eigenvalue weighted by Gasteiger charge is -2.10. The number of aryl methyl sites for hydroxylation is 1. The van der Waals surface area contributed by atoms with Crippen molar-refractivity contribution in [2.24, 2.45) is 0 Å². The Bertz CT molecular complexity index is 619. The van der Waals surface area contributed by atoms with Crippen molar-refractivity contribution in [2.75, 3.05) is 13.7 Å². The number of halogens is 1. The fourth-order valence-electron chi connectivity index (χ4n) is 2.25. The first-order valence-corrected chi connectivity index (χ1v) is 6.11. The number of rotatable bonds is 4. The minimum atomic E-state index is -0.285. The van der Waals surface area contributed by atoms with Gasteiger partial charge in [-0.25, -0.2) is 4.39 Å². The lowest BCUT2D eigenvalue weighted by molar-refractivity contribution is -0.118. The number of ether oxygens (including phenoxy) is 1. The molecule has 2 rings (SSSR count). The van der Waals surface area contributed by atoms with Crippen LogP contribution in [0.4, 0.5) is 4.39 Å². The third kappa shape index (κ3) is 2.54. The highest BCUT2D eigenvalue weighted by molar-refractivity contribution is 5.88. The minimum Gasteiger partial charge on any atom is -0.496 e. The van der Waals surface area contributed by atoms with Crippen LogP contribution in [-0.4, -0.2) is 24.1 Å². The van der Waals surface area contributed by atoms with Crippen molar-refractivity contribution in [1.82, 2.24) is 9.88 Å². The van der Waals surface area contributed by atoms with Gasteiger partial charge in [0, 0.05) is 31.1 Å². The van der Waals surface area contributed by atoms with Crippen LogP contribution in [0.3, 0.4) is 0 Å². The molecule has 0 saturated heterocycles. The van der Waals surface area contributed by atoms with Crippen LogP contribution in [0.25, 0.3) is 10.9 Å². The minimum absolute atomic E-state index is 0.0906. The van der Waals surface area contributed by atoms with Crippen molar-refractivity contribution in [3.8, 4) is 5.75 Å². The molecule has 0 aliphatic heterocycles. The Morgan fingerprint density at radius 1 is 1.47 bits per heavy atom. The number of hydrogen-bond acceptors (Lipinski definition) is 2. The van der Waals surface area contributed by atoms with Crippen LogP contribution in [0.15, 0.2) is 18.2 Å². The zero-order valence-electron chi connectivity index (χ0n) is 11.3. The number of aromatic nitrogens is 1. The SMILES string of the molecule is COc1ccc(F)c2c1cc(C)n2CCNC(C)=O. The Labute approximate surface area is 111 Å². The maximum absolute atomic E-state index is 14.0. The Kier molecular flexibility index (Phi) is 3.74. The van der Waals surface area contributed by atoms with Gasteiger partial charge in [0.05, 0.1) is 12.6 Å². The van der Waals surface area contributed by atoms with Gasteiger partial charge in [0.2, 0.25) is 5.91 Å². The van der Waals surface area contributed by atoms with Gasteiger partial charge in [0.25, 0.3) is 0 Å². The third-order valence-corrected chi connectivity index (χ3v) is 3.11. The molecule has 0 saturated carbocycles. The summed E-state index contributed by atoms with van der Waals surface area (Å²) < 4.78 is 21.1. The fourth-order valence-corrected chi connectivity index (χ4v) is 2.25. The standard InChI is InChI=1S/C14H17FN2O2/c1-9-8-11-13(19-3)5-4-12(15)14(11)17(9)7-6-16-10(2)18/h4-5,8H,6-7H2,1-3H3,(H,16,18). The first kappa shape index (κ1) is 13.4. The van der Waals surface area contributed by atoms with E-state index in [1.165, 1.54) is 13.0 Å². The average Bonchev–Trinajstić information content (AvgIpc) is 2.68. The molecule has 0 aliphatic rings. The van der Waals surface area contributed by atoms with Gasteiger partial charge >= 0.3 is 0 Å². The molecule has 4 nitrogen and oxygen atoms in total. The summed E-state index contributed by atoms with van der Waals surface area (Å²) in [4.78, 5) is 10.9. The molecule has 1 aromatic carbocycles. The molecule has 1 N–H and O–H groups in total. The van der Waals surface area contributed by atoms with Gasteiger partial charge in [0.1, 0.15) is 11.6 Å². The Balaban J connectivity index is 2.43. The number of hydrogen-bond donors (Lipinski definition) is 1. The van der Waals surface area contributed by atoms with Crippen molar-refractivity contribution in [1.29, 1.82) is 0 Å². The lowest BCUT2D eigenvalue weighted by atomic mass is 10.2. The molecule has 1 amide bonds. The van der Waals surface area contributed by atoms with Gasteiger partial charge in [-0.3, -0.25) is 4.79 Å². The van der Waals surface area contributed by atoms with E-state index in [-0.39, 0.29) is 11.7 Å². The topological polar surface area (TPSA) is 43.3 Å². The van der Waals surface area contributed by atoms with Crippen LogP contribution in [0.1, 0.15) is 12.6 Å². The third-order valence-electron chi connectivity index (χ3n) is 3.11. The number of methoxy groups -OCH3 is 1. The number of fused-ring (bicyclic) bond motifs is 1. The van der Waals surface area contributed by atoms with Crippen molar-refractivity contribution in [3.63, 3.8) is 0 Å². The predicted molar refractivity (Wildman–Crippen MR) is 71.9 cm³/mol. The molecule has 0 fully saturated rings. The largest absolute Gasteiger partial charge is 0.496 e. The van der Waals surface area contributed by atoms with E-state index in [0.29, 0.717) is 24.4 Å². The molecular weight excluding hydrogens is 247 g/mol. The van der Waals surface area contributed by atoms with Crippen LogP contribution in [0.2, 0.25) is 0 Å². The lowest BCUT2D eigenvalue weighted by Crippen LogP contribution is -2.24. The summed E-state index contributed by atoms with van der Waals surface area (Å²) in [5, 5.41) is 3.46. The summed E-state index contributed by atoms with van der Waals surface area (Å²) in [6.07, 6.45) is 0. The summed E-state index contributed by atoms with van der Waals surface area (Å²) >= 11 is 0. The molecule has 0 bridgehead atoms. The van der Waals surface area contributed by atoms with E-state index in [1.54, 1.807) is 13.2 Å². The molecule has 0 atom stereocenters. The van der Waals surface area contributed by atoms with Gasteiger partial charge in [-0.1, -0.05) is 0 Å². The second-order valence-electron chi connectivity index (χ2n) is 4.43.